The van der Waals surface area contributed by atoms with Crippen LogP contribution in [0.3, 0.4) is 0 Å². The van der Waals surface area contributed by atoms with Gasteiger partial charge in [0, 0.05) is 19.6 Å². The Hall–Kier alpha value is -1.78. The molecule has 2 amide bonds. The van der Waals surface area contributed by atoms with E-state index in [1.807, 2.05) is 13.8 Å². The van der Waals surface area contributed by atoms with Crippen LogP contribution in [0.4, 0.5) is 0 Å². The van der Waals surface area contributed by atoms with E-state index in [1.54, 1.807) is 15.9 Å². The van der Waals surface area contributed by atoms with Gasteiger partial charge in [-0.1, -0.05) is 0 Å². The van der Waals surface area contributed by atoms with Crippen molar-refractivity contribution >= 4 is 11.8 Å². The Morgan fingerprint density at radius 3 is 2.70 bits per heavy atom. The highest BCUT2D eigenvalue weighted by molar-refractivity contribution is 5.97. The molecule has 1 saturated heterocycles. The summed E-state index contributed by atoms with van der Waals surface area (Å²) in [5, 5.41) is 0. The van der Waals surface area contributed by atoms with Crippen molar-refractivity contribution in [2.24, 2.45) is 0 Å². The molecule has 5 nitrogen and oxygen atoms in total. The minimum Gasteiger partial charge on any atom is -0.472 e. The van der Waals surface area contributed by atoms with E-state index in [9.17, 15) is 9.59 Å². The number of hydrogen-bond donors (Lipinski definition) is 0. The van der Waals surface area contributed by atoms with Crippen LogP contribution in [0, 0.1) is 0 Å². The van der Waals surface area contributed by atoms with E-state index in [-0.39, 0.29) is 17.9 Å². The molecular formula is C15H22N2O3. The Balaban J connectivity index is 2.17. The van der Waals surface area contributed by atoms with Crippen LogP contribution in [0.2, 0.25) is 0 Å². The van der Waals surface area contributed by atoms with Gasteiger partial charge in [-0.2, -0.15) is 0 Å². The second-order valence-electron chi connectivity index (χ2n) is 5.03. The van der Waals surface area contributed by atoms with Gasteiger partial charge in [0.25, 0.3) is 5.91 Å². The highest BCUT2D eigenvalue weighted by Gasteiger charge is 2.34. The van der Waals surface area contributed by atoms with E-state index < -0.39 is 0 Å². The van der Waals surface area contributed by atoms with Crippen molar-refractivity contribution < 1.29 is 14.0 Å². The van der Waals surface area contributed by atoms with E-state index >= 15 is 0 Å². The van der Waals surface area contributed by atoms with Gasteiger partial charge < -0.3 is 14.2 Å². The Morgan fingerprint density at radius 2 is 2.10 bits per heavy atom. The summed E-state index contributed by atoms with van der Waals surface area (Å²) in [4.78, 5) is 28.5. The zero-order valence-electron chi connectivity index (χ0n) is 12.2. The largest absolute Gasteiger partial charge is 0.472 e. The number of carbonyl (C=O) groups is 2. The molecule has 110 valence electrons. The van der Waals surface area contributed by atoms with Crippen LogP contribution < -0.4 is 0 Å². The molecule has 20 heavy (non-hydrogen) atoms. The Bertz CT molecular complexity index is 452. The van der Waals surface area contributed by atoms with Crippen LogP contribution in [-0.4, -0.2) is 47.3 Å². The highest BCUT2D eigenvalue weighted by Crippen LogP contribution is 2.21. The van der Waals surface area contributed by atoms with Gasteiger partial charge in [0.05, 0.1) is 11.8 Å². The van der Waals surface area contributed by atoms with Crippen LogP contribution in [0.5, 0.6) is 0 Å². The number of amides is 2. The van der Waals surface area contributed by atoms with Gasteiger partial charge in [0.2, 0.25) is 5.91 Å². The van der Waals surface area contributed by atoms with Gasteiger partial charge in [0.15, 0.2) is 0 Å². The number of furan rings is 1. The van der Waals surface area contributed by atoms with Crippen LogP contribution >= 0.6 is 0 Å². The molecule has 1 aromatic rings. The van der Waals surface area contributed by atoms with Crippen LogP contribution in [0.25, 0.3) is 0 Å². The number of rotatable bonds is 4. The maximum Gasteiger partial charge on any atom is 0.257 e. The fourth-order valence-electron chi connectivity index (χ4n) is 2.73. The van der Waals surface area contributed by atoms with Crippen molar-refractivity contribution in [3.05, 3.63) is 24.2 Å². The third kappa shape index (κ3) is 2.86. The first-order chi connectivity index (χ1) is 9.69. The maximum absolute atomic E-state index is 12.6. The average Bonchev–Trinajstić information content (AvgIpc) is 3.02. The summed E-state index contributed by atoms with van der Waals surface area (Å²) >= 11 is 0. The molecule has 0 aromatic carbocycles. The summed E-state index contributed by atoms with van der Waals surface area (Å²) in [6, 6.07) is 1.32. The lowest BCUT2D eigenvalue weighted by atomic mass is 10.00. The Kier molecular flexibility index (Phi) is 4.82. The Labute approximate surface area is 119 Å². The molecule has 1 aliphatic heterocycles. The first kappa shape index (κ1) is 14.6. The number of likely N-dealkylation sites (N-methyl/N-ethyl adjacent to an activating group) is 1. The third-order valence-electron chi connectivity index (χ3n) is 3.89. The lowest BCUT2D eigenvalue weighted by Crippen LogP contribution is -2.53. The molecule has 0 spiro atoms. The number of nitrogens with zero attached hydrogens (tertiary/aromatic N) is 2. The van der Waals surface area contributed by atoms with E-state index in [4.69, 9.17) is 4.42 Å². The van der Waals surface area contributed by atoms with Gasteiger partial charge in [-0.3, -0.25) is 9.59 Å². The zero-order valence-corrected chi connectivity index (χ0v) is 12.2. The molecule has 0 radical (unpaired) electrons. The SMILES string of the molecule is CCN(CC)C(=O)C1CCCCN1C(=O)c1ccoc1. The molecule has 1 fully saturated rings. The average molecular weight is 278 g/mol. The maximum atomic E-state index is 12.6. The minimum absolute atomic E-state index is 0.0616. The predicted octanol–water partition coefficient (Wildman–Crippen LogP) is 2.14. The molecule has 1 atom stereocenters. The summed E-state index contributed by atoms with van der Waals surface area (Å²) in [5.41, 5.74) is 0.518. The summed E-state index contributed by atoms with van der Waals surface area (Å²) in [6.07, 6.45) is 5.62. The third-order valence-corrected chi connectivity index (χ3v) is 3.89. The number of carbonyl (C=O) groups excluding carboxylic acids is 2. The quantitative estimate of drug-likeness (QED) is 0.848. The summed E-state index contributed by atoms with van der Waals surface area (Å²) in [7, 11) is 0. The standard InChI is InChI=1S/C15H22N2O3/c1-3-16(4-2)15(19)13-7-5-6-9-17(13)14(18)12-8-10-20-11-12/h8,10-11,13H,3-7,9H2,1-2H3. The molecule has 0 N–H and O–H groups in total. The molecule has 1 aromatic heterocycles. The van der Waals surface area contributed by atoms with Gasteiger partial charge in [-0.05, 0) is 39.2 Å². The van der Waals surface area contributed by atoms with Crippen molar-refractivity contribution in [3.63, 3.8) is 0 Å². The van der Waals surface area contributed by atoms with Gasteiger partial charge >= 0.3 is 0 Å². The second-order valence-corrected chi connectivity index (χ2v) is 5.03. The van der Waals surface area contributed by atoms with E-state index in [1.165, 1.54) is 12.5 Å². The molecule has 1 unspecified atom stereocenters. The van der Waals surface area contributed by atoms with E-state index in [0.29, 0.717) is 25.2 Å². The van der Waals surface area contributed by atoms with E-state index in [2.05, 4.69) is 0 Å². The molecule has 2 heterocycles. The topological polar surface area (TPSA) is 53.8 Å². The molecular weight excluding hydrogens is 256 g/mol. The fraction of sp³-hybridized carbons (Fsp3) is 0.600. The molecule has 5 heteroatoms. The normalized spacial score (nSPS) is 18.9. The molecule has 0 aliphatic carbocycles. The van der Waals surface area contributed by atoms with Gasteiger partial charge in [-0.25, -0.2) is 0 Å². The predicted molar refractivity (Wildman–Crippen MR) is 75.3 cm³/mol. The summed E-state index contributed by atoms with van der Waals surface area (Å²) < 4.78 is 4.97. The first-order valence-electron chi connectivity index (χ1n) is 7.31. The smallest absolute Gasteiger partial charge is 0.257 e. The van der Waals surface area contributed by atoms with Gasteiger partial charge in [-0.15, -0.1) is 0 Å². The number of piperidine rings is 1. The second kappa shape index (κ2) is 6.59. The van der Waals surface area contributed by atoms with Crippen molar-refractivity contribution in [1.29, 1.82) is 0 Å². The molecule has 0 bridgehead atoms. The first-order valence-corrected chi connectivity index (χ1v) is 7.31. The lowest BCUT2D eigenvalue weighted by Gasteiger charge is -2.37. The fourth-order valence-corrected chi connectivity index (χ4v) is 2.73. The molecule has 2 rings (SSSR count). The zero-order chi connectivity index (χ0) is 14.5. The Morgan fingerprint density at radius 1 is 1.35 bits per heavy atom. The van der Waals surface area contributed by atoms with Crippen molar-refractivity contribution in [2.45, 2.75) is 39.2 Å². The van der Waals surface area contributed by atoms with Crippen molar-refractivity contribution in [2.75, 3.05) is 19.6 Å². The van der Waals surface area contributed by atoms with Gasteiger partial charge in [0.1, 0.15) is 12.3 Å². The number of hydrogen-bond acceptors (Lipinski definition) is 3. The highest BCUT2D eigenvalue weighted by atomic mass is 16.3. The van der Waals surface area contributed by atoms with Crippen molar-refractivity contribution in [3.8, 4) is 0 Å². The summed E-state index contributed by atoms with van der Waals surface area (Å²) in [6.45, 7) is 5.93. The van der Waals surface area contributed by atoms with Crippen molar-refractivity contribution in [1.82, 2.24) is 9.80 Å². The van der Waals surface area contributed by atoms with Crippen LogP contribution in [0.15, 0.2) is 23.0 Å². The number of likely N-dealkylation sites (tertiary alicyclic amines) is 1. The van der Waals surface area contributed by atoms with Crippen LogP contribution in [-0.2, 0) is 4.79 Å². The monoisotopic (exact) mass is 278 g/mol. The minimum atomic E-state index is -0.328. The lowest BCUT2D eigenvalue weighted by molar-refractivity contribution is -0.136. The van der Waals surface area contributed by atoms with Crippen LogP contribution in [0.1, 0.15) is 43.5 Å². The molecule has 1 aliphatic rings. The molecule has 0 saturated carbocycles. The summed E-state index contributed by atoms with van der Waals surface area (Å²) in [5.74, 6) is -0.0458. The van der Waals surface area contributed by atoms with E-state index in [0.717, 1.165) is 19.3 Å².